The fraction of sp³-hybridized carbons (Fsp3) is 0.440. The highest BCUT2D eigenvalue weighted by Crippen LogP contribution is 2.23. The van der Waals surface area contributed by atoms with Crippen LogP contribution < -0.4 is 10.2 Å². The van der Waals surface area contributed by atoms with E-state index in [1.807, 2.05) is 29.2 Å². The molecular weight excluding hydrogens is 532 g/mol. The SMILES string of the molecule is CCNC(=NCCCC(=O)N1Cc2ccccc2C1)N1CCN(c2ccccc2F)CC1.I. The van der Waals surface area contributed by atoms with Crippen molar-refractivity contribution in [3.63, 3.8) is 0 Å². The molecule has 1 amide bonds. The summed E-state index contributed by atoms with van der Waals surface area (Å²) in [4.78, 5) is 23.6. The first kappa shape index (κ1) is 25.3. The minimum Gasteiger partial charge on any atom is -0.366 e. The lowest BCUT2D eigenvalue weighted by Crippen LogP contribution is -2.52. The maximum absolute atomic E-state index is 14.1. The molecule has 2 aliphatic heterocycles. The highest BCUT2D eigenvalue weighted by molar-refractivity contribution is 14.0. The molecule has 33 heavy (non-hydrogen) atoms. The van der Waals surface area contributed by atoms with E-state index in [4.69, 9.17) is 4.99 Å². The van der Waals surface area contributed by atoms with Gasteiger partial charge in [-0.25, -0.2) is 4.39 Å². The monoisotopic (exact) mass is 565 g/mol. The fourth-order valence-electron chi connectivity index (χ4n) is 4.38. The summed E-state index contributed by atoms with van der Waals surface area (Å²) in [6.07, 6.45) is 1.24. The topological polar surface area (TPSA) is 51.2 Å². The average molecular weight is 565 g/mol. The van der Waals surface area contributed by atoms with E-state index in [0.717, 1.165) is 45.1 Å². The number of aliphatic imine (C=N–C) groups is 1. The molecule has 0 spiro atoms. The normalized spacial score (nSPS) is 15.8. The number of nitrogens with zero attached hydrogens (tertiary/aromatic N) is 4. The van der Waals surface area contributed by atoms with Crippen molar-refractivity contribution in [3.8, 4) is 0 Å². The third kappa shape index (κ3) is 6.37. The quantitative estimate of drug-likeness (QED) is 0.250. The van der Waals surface area contributed by atoms with Crippen LogP contribution in [0.2, 0.25) is 0 Å². The maximum Gasteiger partial charge on any atom is 0.223 e. The van der Waals surface area contributed by atoms with Crippen LogP contribution in [0.5, 0.6) is 0 Å². The molecule has 1 saturated heterocycles. The Hall–Kier alpha value is -2.36. The van der Waals surface area contributed by atoms with Crippen LogP contribution in [-0.2, 0) is 17.9 Å². The molecule has 0 saturated carbocycles. The number of benzene rings is 2. The van der Waals surface area contributed by atoms with Crippen molar-refractivity contribution in [2.45, 2.75) is 32.9 Å². The van der Waals surface area contributed by atoms with Gasteiger partial charge in [-0.1, -0.05) is 36.4 Å². The van der Waals surface area contributed by atoms with Crippen LogP contribution in [0, 0.1) is 5.82 Å². The van der Waals surface area contributed by atoms with Crippen molar-refractivity contribution < 1.29 is 9.18 Å². The number of carbonyl (C=O) groups excluding carboxylic acids is 1. The van der Waals surface area contributed by atoms with Crippen molar-refractivity contribution in [2.24, 2.45) is 4.99 Å². The van der Waals surface area contributed by atoms with Gasteiger partial charge in [0.05, 0.1) is 5.69 Å². The molecule has 2 aliphatic rings. The van der Waals surface area contributed by atoms with E-state index in [1.165, 1.54) is 17.2 Å². The van der Waals surface area contributed by atoms with Gasteiger partial charge in [0.1, 0.15) is 5.82 Å². The molecule has 1 fully saturated rings. The van der Waals surface area contributed by atoms with Crippen LogP contribution >= 0.6 is 24.0 Å². The van der Waals surface area contributed by atoms with E-state index < -0.39 is 0 Å². The molecule has 0 aliphatic carbocycles. The largest absolute Gasteiger partial charge is 0.366 e. The molecule has 0 bridgehead atoms. The molecule has 2 aromatic carbocycles. The minimum atomic E-state index is -0.174. The molecular formula is C25H33FIN5O. The second-order valence-electron chi connectivity index (χ2n) is 8.28. The van der Waals surface area contributed by atoms with Crippen LogP contribution in [0.4, 0.5) is 10.1 Å². The van der Waals surface area contributed by atoms with Crippen molar-refractivity contribution in [1.82, 2.24) is 15.1 Å². The second-order valence-corrected chi connectivity index (χ2v) is 8.28. The van der Waals surface area contributed by atoms with Crippen LogP contribution in [0.25, 0.3) is 0 Å². The first-order valence-corrected chi connectivity index (χ1v) is 11.5. The summed E-state index contributed by atoms with van der Waals surface area (Å²) in [5.74, 6) is 0.897. The van der Waals surface area contributed by atoms with Gasteiger partial charge in [-0.05, 0) is 36.6 Å². The minimum absolute atomic E-state index is 0. The summed E-state index contributed by atoms with van der Waals surface area (Å²) in [5.41, 5.74) is 3.17. The summed E-state index contributed by atoms with van der Waals surface area (Å²) in [7, 11) is 0. The van der Waals surface area contributed by atoms with Crippen LogP contribution in [-0.4, -0.2) is 60.9 Å². The van der Waals surface area contributed by atoms with Gasteiger partial charge in [0.2, 0.25) is 5.91 Å². The summed E-state index contributed by atoms with van der Waals surface area (Å²) in [6.45, 7) is 7.95. The van der Waals surface area contributed by atoms with Gasteiger partial charge < -0.3 is 20.0 Å². The van der Waals surface area contributed by atoms with Gasteiger partial charge in [-0.2, -0.15) is 0 Å². The number of nitrogens with one attached hydrogen (secondary N) is 1. The standard InChI is InChI=1S/C25H32FN5O.HI/c1-2-27-25(30-16-14-29(15-17-30)23-11-6-5-10-22(23)26)28-13-7-12-24(32)31-18-20-8-3-4-9-21(20)19-31;/h3-6,8-11H,2,7,12-19H2,1H3,(H,27,28);1H. The van der Waals surface area contributed by atoms with Gasteiger partial charge in [0.15, 0.2) is 5.96 Å². The fourth-order valence-corrected chi connectivity index (χ4v) is 4.38. The van der Waals surface area contributed by atoms with Crippen molar-refractivity contribution in [2.75, 3.05) is 44.2 Å². The Morgan fingerprint density at radius 2 is 1.61 bits per heavy atom. The molecule has 4 rings (SSSR count). The number of hydrogen-bond acceptors (Lipinski definition) is 3. The maximum atomic E-state index is 14.1. The molecule has 8 heteroatoms. The number of carbonyl (C=O) groups is 1. The van der Waals surface area contributed by atoms with Crippen LogP contribution in [0.15, 0.2) is 53.5 Å². The van der Waals surface area contributed by atoms with Gasteiger partial charge in [-0.15, -0.1) is 24.0 Å². The third-order valence-corrected chi connectivity index (χ3v) is 6.11. The number of hydrogen-bond donors (Lipinski definition) is 1. The van der Waals surface area contributed by atoms with Crippen LogP contribution in [0.1, 0.15) is 30.9 Å². The first-order chi connectivity index (χ1) is 15.7. The predicted octanol–water partition coefficient (Wildman–Crippen LogP) is 3.85. The zero-order valence-electron chi connectivity index (χ0n) is 19.2. The van der Waals surface area contributed by atoms with Crippen molar-refractivity contribution in [1.29, 1.82) is 0 Å². The number of guanidine groups is 1. The van der Waals surface area contributed by atoms with Gasteiger partial charge in [-0.3, -0.25) is 9.79 Å². The molecule has 178 valence electrons. The van der Waals surface area contributed by atoms with E-state index >= 15 is 0 Å². The number of piperazine rings is 1. The lowest BCUT2D eigenvalue weighted by molar-refractivity contribution is -0.131. The zero-order valence-corrected chi connectivity index (χ0v) is 21.5. The number of anilines is 1. The number of rotatable bonds is 6. The Kier molecular flexibility index (Phi) is 9.34. The van der Waals surface area contributed by atoms with E-state index in [9.17, 15) is 9.18 Å². The Bertz CT molecular complexity index is 936. The predicted molar refractivity (Wildman–Crippen MR) is 142 cm³/mol. The van der Waals surface area contributed by atoms with E-state index in [-0.39, 0.29) is 35.7 Å². The Morgan fingerprint density at radius 3 is 2.24 bits per heavy atom. The summed E-state index contributed by atoms with van der Waals surface area (Å²) >= 11 is 0. The molecule has 2 heterocycles. The number of halogens is 2. The average Bonchev–Trinajstić information content (AvgIpc) is 3.26. The lowest BCUT2D eigenvalue weighted by Gasteiger charge is -2.37. The van der Waals surface area contributed by atoms with E-state index in [2.05, 4.69) is 34.2 Å². The van der Waals surface area contributed by atoms with Gasteiger partial charge >= 0.3 is 0 Å². The Balaban J connectivity index is 0.00000306. The van der Waals surface area contributed by atoms with E-state index in [1.54, 1.807) is 6.07 Å². The zero-order chi connectivity index (χ0) is 22.3. The second kappa shape index (κ2) is 12.2. The first-order valence-electron chi connectivity index (χ1n) is 11.5. The summed E-state index contributed by atoms with van der Waals surface area (Å²) < 4.78 is 14.1. The Labute approximate surface area is 212 Å². The molecule has 0 unspecified atom stereocenters. The third-order valence-electron chi connectivity index (χ3n) is 6.11. The Morgan fingerprint density at radius 1 is 0.970 bits per heavy atom. The summed E-state index contributed by atoms with van der Waals surface area (Å²) in [5, 5.41) is 3.36. The van der Waals surface area contributed by atoms with Gasteiger partial charge in [0.25, 0.3) is 0 Å². The molecule has 0 atom stereocenters. The number of para-hydroxylation sites is 1. The highest BCUT2D eigenvalue weighted by atomic mass is 127. The van der Waals surface area contributed by atoms with Gasteiger partial charge in [0, 0.05) is 58.8 Å². The molecule has 6 nitrogen and oxygen atoms in total. The van der Waals surface area contributed by atoms with Crippen molar-refractivity contribution >= 4 is 41.5 Å². The van der Waals surface area contributed by atoms with E-state index in [0.29, 0.717) is 31.7 Å². The molecule has 2 aromatic rings. The van der Waals surface area contributed by atoms with Crippen molar-refractivity contribution in [3.05, 3.63) is 65.5 Å². The molecule has 0 aromatic heterocycles. The molecule has 1 N–H and O–H groups in total. The smallest absolute Gasteiger partial charge is 0.223 e. The number of amides is 1. The lowest BCUT2D eigenvalue weighted by atomic mass is 10.1. The summed E-state index contributed by atoms with van der Waals surface area (Å²) in [6, 6.07) is 15.2. The molecule has 0 radical (unpaired) electrons. The number of fused-ring (bicyclic) bond motifs is 1. The highest BCUT2D eigenvalue weighted by Gasteiger charge is 2.23. The van der Waals surface area contributed by atoms with Crippen LogP contribution in [0.3, 0.4) is 0 Å².